The number of hydrogen-bond donors (Lipinski definition) is 0. The standard InChI is InChI=1S/C19H31N5O4/c1-16(2)18(25)22(3)9-10-24(8-4-7-23-11-13-27-14-12-23)19(26)28-17-15-20-5-6-21-17/h5-6,15-16H,4,7-14H2,1-3H3. The first-order valence-electron chi connectivity index (χ1n) is 9.75. The largest absolute Gasteiger partial charge is 0.416 e. The van der Waals surface area contributed by atoms with Crippen LogP contribution in [0.25, 0.3) is 0 Å². The van der Waals surface area contributed by atoms with Crippen LogP contribution in [0.3, 0.4) is 0 Å². The lowest BCUT2D eigenvalue weighted by atomic mass is 10.2. The molecular weight excluding hydrogens is 362 g/mol. The highest BCUT2D eigenvalue weighted by Gasteiger charge is 2.20. The van der Waals surface area contributed by atoms with Gasteiger partial charge in [-0.15, -0.1) is 0 Å². The van der Waals surface area contributed by atoms with Gasteiger partial charge in [0.25, 0.3) is 0 Å². The van der Waals surface area contributed by atoms with Crippen molar-refractivity contribution in [2.45, 2.75) is 20.3 Å². The average molecular weight is 393 g/mol. The van der Waals surface area contributed by atoms with Gasteiger partial charge in [-0.3, -0.25) is 14.7 Å². The topological polar surface area (TPSA) is 88.1 Å². The molecule has 9 nitrogen and oxygen atoms in total. The van der Waals surface area contributed by atoms with E-state index < -0.39 is 6.09 Å². The number of morpholine rings is 1. The second-order valence-electron chi connectivity index (χ2n) is 7.12. The Morgan fingerprint density at radius 1 is 1.21 bits per heavy atom. The van der Waals surface area contributed by atoms with E-state index in [2.05, 4.69) is 14.9 Å². The molecule has 1 saturated heterocycles. The van der Waals surface area contributed by atoms with E-state index in [1.165, 1.54) is 18.6 Å². The lowest BCUT2D eigenvalue weighted by Crippen LogP contribution is -2.43. The summed E-state index contributed by atoms with van der Waals surface area (Å²) >= 11 is 0. The van der Waals surface area contributed by atoms with Crippen LogP contribution in [-0.2, 0) is 9.53 Å². The number of nitrogens with zero attached hydrogens (tertiary/aromatic N) is 5. The van der Waals surface area contributed by atoms with E-state index in [4.69, 9.17) is 9.47 Å². The molecule has 28 heavy (non-hydrogen) atoms. The van der Waals surface area contributed by atoms with Crippen molar-refractivity contribution in [1.29, 1.82) is 0 Å². The van der Waals surface area contributed by atoms with Crippen molar-refractivity contribution in [3.63, 3.8) is 0 Å². The molecule has 1 fully saturated rings. The van der Waals surface area contributed by atoms with Gasteiger partial charge in [0.1, 0.15) is 0 Å². The lowest BCUT2D eigenvalue weighted by Gasteiger charge is -2.29. The number of ether oxygens (including phenoxy) is 2. The number of hydrogen-bond acceptors (Lipinski definition) is 7. The predicted molar refractivity (Wildman–Crippen MR) is 104 cm³/mol. The van der Waals surface area contributed by atoms with Crippen molar-refractivity contribution < 1.29 is 19.1 Å². The molecule has 0 atom stereocenters. The quantitative estimate of drug-likeness (QED) is 0.621. The fourth-order valence-corrected chi connectivity index (χ4v) is 2.92. The maximum Gasteiger partial charge on any atom is 0.416 e. The summed E-state index contributed by atoms with van der Waals surface area (Å²) in [6.07, 6.45) is 4.73. The SMILES string of the molecule is CC(C)C(=O)N(C)CCN(CCCN1CCOCC1)C(=O)Oc1cnccn1. The molecule has 2 heterocycles. The number of carbonyl (C=O) groups is 2. The molecule has 0 aliphatic carbocycles. The van der Waals surface area contributed by atoms with Gasteiger partial charge in [0.15, 0.2) is 0 Å². The molecule has 2 amide bonds. The summed E-state index contributed by atoms with van der Waals surface area (Å²) in [6, 6.07) is 0. The van der Waals surface area contributed by atoms with E-state index in [-0.39, 0.29) is 17.7 Å². The Balaban J connectivity index is 1.89. The van der Waals surface area contributed by atoms with Crippen LogP contribution in [0.1, 0.15) is 20.3 Å². The fraction of sp³-hybridized carbons (Fsp3) is 0.684. The molecule has 1 aromatic heterocycles. The summed E-state index contributed by atoms with van der Waals surface area (Å²) in [5.41, 5.74) is 0. The minimum atomic E-state index is -0.479. The number of amides is 2. The first kappa shape index (κ1) is 22.0. The molecule has 156 valence electrons. The van der Waals surface area contributed by atoms with Crippen LogP contribution in [0.2, 0.25) is 0 Å². The molecule has 1 aliphatic rings. The van der Waals surface area contributed by atoms with E-state index in [9.17, 15) is 9.59 Å². The molecular formula is C19H31N5O4. The first-order chi connectivity index (χ1) is 13.5. The van der Waals surface area contributed by atoms with Crippen LogP contribution in [0, 0.1) is 5.92 Å². The van der Waals surface area contributed by atoms with Gasteiger partial charge in [0, 0.05) is 64.6 Å². The summed E-state index contributed by atoms with van der Waals surface area (Å²) in [6.45, 7) is 9.33. The van der Waals surface area contributed by atoms with Crippen LogP contribution in [0.15, 0.2) is 18.6 Å². The second kappa shape index (κ2) is 11.6. The third kappa shape index (κ3) is 7.40. The lowest BCUT2D eigenvalue weighted by molar-refractivity contribution is -0.133. The van der Waals surface area contributed by atoms with Gasteiger partial charge in [-0.05, 0) is 6.42 Å². The van der Waals surface area contributed by atoms with E-state index in [1.807, 2.05) is 13.8 Å². The number of carbonyl (C=O) groups excluding carboxylic acids is 2. The van der Waals surface area contributed by atoms with E-state index in [0.717, 1.165) is 39.3 Å². The zero-order valence-corrected chi connectivity index (χ0v) is 17.0. The normalized spacial score (nSPS) is 14.7. The molecule has 0 saturated carbocycles. The highest BCUT2D eigenvalue weighted by molar-refractivity contribution is 5.77. The summed E-state index contributed by atoms with van der Waals surface area (Å²) in [7, 11) is 1.75. The fourth-order valence-electron chi connectivity index (χ4n) is 2.92. The smallest absolute Gasteiger partial charge is 0.389 e. The molecule has 1 aromatic rings. The van der Waals surface area contributed by atoms with Crippen molar-refractivity contribution in [1.82, 2.24) is 24.7 Å². The van der Waals surface area contributed by atoms with E-state index >= 15 is 0 Å². The van der Waals surface area contributed by atoms with Crippen LogP contribution in [0.4, 0.5) is 4.79 Å². The Hall–Kier alpha value is -2.26. The Bertz CT molecular complexity index is 608. The minimum Gasteiger partial charge on any atom is -0.389 e. The summed E-state index contributed by atoms with van der Waals surface area (Å²) in [5, 5.41) is 0. The average Bonchev–Trinajstić information content (AvgIpc) is 2.71. The number of rotatable bonds is 9. The first-order valence-corrected chi connectivity index (χ1v) is 9.75. The maximum atomic E-state index is 12.6. The molecule has 0 radical (unpaired) electrons. The van der Waals surface area contributed by atoms with Gasteiger partial charge in [-0.2, -0.15) is 0 Å². The summed E-state index contributed by atoms with van der Waals surface area (Å²) in [5.74, 6) is 0.138. The summed E-state index contributed by atoms with van der Waals surface area (Å²) < 4.78 is 10.7. The highest BCUT2D eigenvalue weighted by Crippen LogP contribution is 2.07. The van der Waals surface area contributed by atoms with E-state index in [0.29, 0.717) is 19.6 Å². The molecule has 0 spiro atoms. The van der Waals surface area contributed by atoms with Crippen molar-refractivity contribution in [2.75, 3.05) is 59.5 Å². The zero-order chi connectivity index (χ0) is 20.4. The van der Waals surface area contributed by atoms with Crippen LogP contribution in [0.5, 0.6) is 5.88 Å². The molecule has 2 rings (SSSR count). The predicted octanol–water partition coefficient (Wildman–Crippen LogP) is 1.11. The maximum absolute atomic E-state index is 12.6. The van der Waals surface area contributed by atoms with Crippen LogP contribution in [-0.4, -0.2) is 96.2 Å². The van der Waals surface area contributed by atoms with Gasteiger partial charge in [-0.1, -0.05) is 13.8 Å². The zero-order valence-electron chi connectivity index (χ0n) is 17.0. The molecule has 1 aliphatic heterocycles. The Kier molecular flexibility index (Phi) is 9.09. The van der Waals surface area contributed by atoms with Crippen LogP contribution >= 0.6 is 0 Å². The number of likely N-dealkylation sites (N-methyl/N-ethyl adjacent to an activating group) is 1. The molecule has 0 unspecified atom stereocenters. The molecule has 0 bridgehead atoms. The van der Waals surface area contributed by atoms with Crippen molar-refractivity contribution in [2.24, 2.45) is 5.92 Å². The van der Waals surface area contributed by atoms with Crippen LogP contribution < -0.4 is 4.74 Å². The van der Waals surface area contributed by atoms with Crippen molar-refractivity contribution in [3.8, 4) is 5.88 Å². The van der Waals surface area contributed by atoms with Gasteiger partial charge in [-0.25, -0.2) is 9.78 Å². The van der Waals surface area contributed by atoms with Gasteiger partial charge >= 0.3 is 6.09 Å². The van der Waals surface area contributed by atoms with Gasteiger partial charge in [0.05, 0.1) is 19.4 Å². The van der Waals surface area contributed by atoms with Gasteiger partial charge < -0.3 is 19.3 Å². The molecule has 0 N–H and O–H groups in total. The second-order valence-corrected chi connectivity index (χ2v) is 7.12. The Morgan fingerprint density at radius 3 is 2.61 bits per heavy atom. The summed E-state index contributed by atoms with van der Waals surface area (Å²) in [4.78, 5) is 38.2. The molecule has 9 heteroatoms. The Morgan fingerprint density at radius 2 is 1.96 bits per heavy atom. The minimum absolute atomic E-state index is 0.0514. The third-order valence-electron chi connectivity index (χ3n) is 4.57. The molecule has 0 aromatic carbocycles. The third-order valence-corrected chi connectivity index (χ3v) is 4.57. The number of aromatic nitrogens is 2. The Labute approximate surface area is 166 Å². The highest BCUT2D eigenvalue weighted by atomic mass is 16.6. The monoisotopic (exact) mass is 393 g/mol. The van der Waals surface area contributed by atoms with Gasteiger partial charge in [0.2, 0.25) is 11.8 Å². The van der Waals surface area contributed by atoms with Crippen molar-refractivity contribution >= 4 is 12.0 Å². The van der Waals surface area contributed by atoms with Crippen molar-refractivity contribution in [3.05, 3.63) is 18.6 Å². The van der Waals surface area contributed by atoms with E-state index in [1.54, 1.807) is 16.8 Å².